The van der Waals surface area contributed by atoms with Gasteiger partial charge in [0.2, 0.25) is 0 Å². The van der Waals surface area contributed by atoms with Crippen LogP contribution >= 0.6 is 0 Å². The molecule has 0 spiro atoms. The number of para-hydroxylation sites is 1. The van der Waals surface area contributed by atoms with Crippen molar-refractivity contribution in [1.29, 1.82) is 0 Å². The van der Waals surface area contributed by atoms with Gasteiger partial charge in [0.1, 0.15) is 5.75 Å². The molecule has 0 radical (unpaired) electrons. The van der Waals surface area contributed by atoms with E-state index in [1.165, 1.54) is 5.56 Å². The SMILES string of the molecule is CCCOc1ccccc1C(CCOC)NC. The lowest BCUT2D eigenvalue weighted by atomic mass is 10.0. The Morgan fingerprint density at radius 2 is 2.00 bits per heavy atom. The molecule has 0 saturated heterocycles. The van der Waals surface area contributed by atoms with Gasteiger partial charge in [0.05, 0.1) is 6.61 Å². The van der Waals surface area contributed by atoms with E-state index in [1.807, 2.05) is 25.2 Å². The van der Waals surface area contributed by atoms with Crippen molar-refractivity contribution in [3.05, 3.63) is 29.8 Å². The molecule has 17 heavy (non-hydrogen) atoms. The molecule has 0 aliphatic heterocycles. The molecule has 96 valence electrons. The van der Waals surface area contributed by atoms with E-state index in [-0.39, 0.29) is 6.04 Å². The first-order valence-electron chi connectivity index (χ1n) is 6.21. The first kappa shape index (κ1) is 14.0. The second-order valence-electron chi connectivity index (χ2n) is 4.01. The zero-order chi connectivity index (χ0) is 12.5. The van der Waals surface area contributed by atoms with E-state index in [9.17, 15) is 0 Å². The van der Waals surface area contributed by atoms with Gasteiger partial charge in [-0.25, -0.2) is 0 Å². The highest BCUT2D eigenvalue weighted by Crippen LogP contribution is 2.27. The Morgan fingerprint density at radius 3 is 2.65 bits per heavy atom. The molecule has 0 aromatic heterocycles. The first-order chi connectivity index (χ1) is 8.33. The summed E-state index contributed by atoms with van der Waals surface area (Å²) in [7, 11) is 3.70. The summed E-state index contributed by atoms with van der Waals surface area (Å²) in [6, 6.07) is 8.48. The summed E-state index contributed by atoms with van der Waals surface area (Å²) in [6.07, 6.45) is 1.97. The van der Waals surface area contributed by atoms with Crippen molar-refractivity contribution in [2.75, 3.05) is 27.4 Å². The van der Waals surface area contributed by atoms with E-state index in [2.05, 4.69) is 18.3 Å². The average molecular weight is 237 g/mol. The molecule has 0 aliphatic carbocycles. The van der Waals surface area contributed by atoms with Crippen LogP contribution in [0.15, 0.2) is 24.3 Å². The Morgan fingerprint density at radius 1 is 1.24 bits per heavy atom. The standard InChI is InChI=1S/C14H23NO2/c1-4-10-17-14-8-6-5-7-12(14)13(15-2)9-11-16-3/h5-8,13,15H,4,9-11H2,1-3H3. The van der Waals surface area contributed by atoms with Crippen molar-refractivity contribution in [2.45, 2.75) is 25.8 Å². The molecular weight excluding hydrogens is 214 g/mol. The van der Waals surface area contributed by atoms with Crippen LogP contribution in [0.2, 0.25) is 0 Å². The summed E-state index contributed by atoms with van der Waals surface area (Å²) in [5, 5.41) is 3.31. The second kappa shape index (κ2) is 8.09. The Hall–Kier alpha value is -1.06. The summed E-state index contributed by atoms with van der Waals surface area (Å²) in [4.78, 5) is 0. The van der Waals surface area contributed by atoms with Crippen molar-refractivity contribution in [3.8, 4) is 5.75 Å². The van der Waals surface area contributed by atoms with Crippen LogP contribution in [0.25, 0.3) is 0 Å². The molecule has 1 aromatic carbocycles. The number of hydrogen-bond donors (Lipinski definition) is 1. The van der Waals surface area contributed by atoms with Crippen molar-refractivity contribution in [2.24, 2.45) is 0 Å². The third-order valence-corrected chi connectivity index (χ3v) is 2.72. The van der Waals surface area contributed by atoms with Crippen LogP contribution in [0.3, 0.4) is 0 Å². The highest BCUT2D eigenvalue weighted by atomic mass is 16.5. The van der Waals surface area contributed by atoms with Gasteiger partial charge in [-0.15, -0.1) is 0 Å². The summed E-state index contributed by atoms with van der Waals surface area (Å²) < 4.78 is 10.9. The highest BCUT2D eigenvalue weighted by Gasteiger charge is 2.13. The van der Waals surface area contributed by atoms with Crippen LogP contribution in [0.1, 0.15) is 31.4 Å². The molecule has 0 fully saturated rings. The van der Waals surface area contributed by atoms with Gasteiger partial charge in [-0.3, -0.25) is 0 Å². The topological polar surface area (TPSA) is 30.5 Å². The van der Waals surface area contributed by atoms with Gasteiger partial charge >= 0.3 is 0 Å². The molecule has 1 unspecified atom stereocenters. The molecule has 1 atom stereocenters. The largest absolute Gasteiger partial charge is 0.493 e. The maximum Gasteiger partial charge on any atom is 0.124 e. The predicted octanol–water partition coefficient (Wildman–Crippen LogP) is 2.77. The zero-order valence-electron chi connectivity index (χ0n) is 11.0. The molecule has 0 amide bonds. The second-order valence-corrected chi connectivity index (χ2v) is 4.01. The lowest BCUT2D eigenvalue weighted by Crippen LogP contribution is -2.19. The van der Waals surface area contributed by atoms with Gasteiger partial charge in [0.25, 0.3) is 0 Å². The Balaban J connectivity index is 2.77. The maximum absolute atomic E-state index is 5.77. The number of nitrogens with one attached hydrogen (secondary N) is 1. The number of rotatable bonds is 8. The minimum Gasteiger partial charge on any atom is -0.493 e. The number of ether oxygens (including phenoxy) is 2. The van der Waals surface area contributed by atoms with Gasteiger partial charge in [0.15, 0.2) is 0 Å². The minimum absolute atomic E-state index is 0.281. The van der Waals surface area contributed by atoms with Crippen LogP contribution in [-0.2, 0) is 4.74 Å². The highest BCUT2D eigenvalue weighted by molar-refractivity contribution is 5.35. The maximum atomic E-state index is 5.77. The number of benzene rings is 1. The average Bonchev–Trinajstić information content (AvgIpc) is 2.38. The molecule has 0 saturated carbocycles. The van der Waals surface area contributed by atoms with Crippen LogP contribution < -0.4 is 10.1 Å². The molecule has 3 heteroatoms. The summed E-state index contributed by atoms with van der Waals surface area (Å²) in [6.45, 7) is 3.62. The van der Waals surface area contributed by atoms with E-state index in [1.54, 1.807) is 7.11 Å². The third-order valence-electron chi connectivity index (χ3n) is 2.72. The molecule has 3 nitrogen and oxygen atoms in total. The summed E-state index contributed by atoms with van der Waals surface area (Å²) >= 11 is 0. The molecule has 0 heterocycles. The minimum atomic E-state index is 0.281. The number of hydrogen-bond acceptors (Lipinski definition) is 3. The molecule has 1 rings (SSSR count). The van der Waals surface area contributed by atoms with E-state index < -0.39 is 0 Å². The molecule has 1 aromatic rings. The predicted molar refractivity (Wildman–Crippen MR) is 70.5 cm³/mol. The Kier molecular flexibility index (Phi) is 6.67. The van der Waals surface area contributed by atoms with E-state index in [4.69, 9.17) is 9.47 Å². The third kappa shape index (κ3) is 4.36. The Labute approximate surface area is 104 Å². The molecule has 1 N–H and O–H groups in total. The van der Waals surface area contributed by atoms with E-state index in [0.29, 0.717) is 0 Å². The van der Waals surface area contributed by atoms with Crippen molar-refractivity contribution >= 4 is 0 Å². The fourth-order valence-corrected chi connectivity index (χ4v) is 1.80. The van der Waals surface area contributed by atoms with Gasteiger partial charge in [-0.05, 0) is 26.0 Å². The fraction of sp³-hybridized carbons (Fsp3) is 0.571. The van der Waals surface area contributed by atoms with Crippen molar-refractivity contribution < 1.29 is 9.47 Å². The van der Waals surface area contributed by atoms with Crippen LogP contribution in [-0.4, -0.2) is 27.4 Å². The van der Waals surface area contributed by atoms with Crippen LogP contribution in [0, 0.1) is 0 Å². The van der Waals surface area contributed by atoms with Gasteiger partial charge in [-0.1, -0.05) is 25.1 Å². The van der Waals surface area contributed by atoms with Crippen molar-refractivity contribution in [3.63, 3.8) is 0 Å². The van der Waals surface area contributed by atoms with E-state index >= 15 is 0 Å². The molecule has 0 bridgehead atoms. The zero-order valence-corrected chi connectivity index (χ0v) is 11.0. The monoisotopic (exact) mass is 237 g/mol. The lowest BCUT2D eigenvalue weighted by molar-refractivity contribution is 0.183. The quantitative estimate of drug-likeness (QED) is 0.754. The van der Waals surface area contributed by atoms with Gasteiger partial charge in [0, 0.05) is 25.3 Å². The van der Waals surface area contributed by atoms with E-state index in [0.717, 1.165) is 31.8 Å². The van der Waals surface area contributed by atoms with Crippen molar-refractivity contribution in [1.82, 2.24) is 5.32 Å². The first-order valence-corrected chi connectivity index (χ1v) is 6.21. The normalized spacial score (nSPS) is 12.4. The van der Waals surface area contributed by atoms with Crippen LogP contribution in [0.4, 0.5) is 0 Å². The Bertz CT molecular complexity index is 315. The van der Waals surface area contributed by atoms with Gasteiger partial charge in [-0.2, -0.15) is 0 Å². The van der Waals surface area contributed by atoms with Gasteiger partial charge < -0.3 is 14.8 Å². The summed E-state index contributed by atoms with van der Waals surface area (Å²) in [5.41, 5.74) is 1.21. The molecule has 0 aliphatic rings. The van der Waals surface area contributed by atoms with Crippen LogP contribution in [0.5, 0.6) is 5.75 Å². The summed E-state index contributed by atoms with van der Waals surface area (Å²) in [5.74, 6) is 0.977. The smallest absolute Gasteiger partial charge is 0.124 e. The number of methoxy groups -OCH3 is 1. The molecular formula is C14H23NO2. The fourth-order valence-electron chi connectivity index (χ4n) is 1.80. The lowest BCUT2D eigenvalue weighted by Gasteiger charge is -2.19.